The SMILES string of the molecule is Nc1ncc(C(=O)NCCCN2CCCC[C@@H]2CO)s1. The molecule has 1 aromatic rings. The standard InChI is InChI=1S/C13H22N4O2S/c14-13-16-8-11(20-13)12(19)15-5-3-7-17-6-2-1-4-10(17)9-18/h8,10,18H,1-7,9H2,(H2,14,16)(H,15,19)/t10-/m1/s1. The van der Waals surface area contributed by atoms with E-state index in [-0.39, 0.29) is 12.5 Å². The minimum atomic E-state index is -0.114. The maximum atomic E-state index is 11.8. The molecule has 1 fully saturated rings. The van der Waals surface area contributed by atoms with Crippen molar-refractivity contribution >= 4 is 22.4 Å². The fourth-order valence-corrected chi connectivity index (χ4v) is 3.13. The Hall–Kier alpha value is -1.18. The first kappa shape index (κ1) is 15.2. The van der Waals surface area contributed by atoms with Crippen molar-refractivity contribution in [3.05, 3.63) is 11.1 Å². The fourth-order valence-electron chi connectivity index (χ4n) is 2.52. The quantitative estimate of drug-likeness (QED) is 0.672. The number of carbonyl (C=O) groups is 1. The van der Waals surface area contributed by atoms with Crippen molar-refractivity contribution in [1.82, 2.24) is 15.2 Å². The number of piperidine rings is 1. The number of nitrogens with zero attached hydrogens (tertiary/aromatic N) is 2. The van der Waals surface area contributed by atoms with Crippen LogP contribution in [-0.4, -0.2) is 53.2 Å². The number of nitrogen functional groups attached to an aromatic ring is 1. The van der Waals surface area contributed by atoms with E-state index in [0.29, 0.717) is 22.6 Å². The molecule has 0 saturated carbocycles. The summed E-state index contributed by atoms with van der Waals surface area (Å²) in [6.45, 7) is 2.82. The van der Waals surface area contributed by atoms with Crippen molar-refractivity contribution in [2.45, 2.75) is 31.7 Å². The van der Waals surface area contributed by atoms with Crippen LogP contribution in [0.1, 0.15) is 35.4 Å². The number of hydrogen-bond donors (Lipinski definition) is 3. The molecular weight excluding hydrogens is 276 g/mol. The first-order chi connectivity index (χ1) is 9.70. The van der Waals surface area contributed by atoms with E-state index >= 15 is 0 Å². The van der Waals surface area contributed by atoms with Gasteiger partial charge in [0, 0.05) is 19.1 Å². The highest BCUT2D eigenvalue weighted by Gasteiger charge is 2.20. The molecule has 20 heavy (non-hydrogen) atoms. The molecule has 1 aliphatic rings. The molecule has 0 aliphatic carbocycles. The summed E-state index contributed by atoms with van der Waals surface area (Å²) in [4.78, 5) is 18.5. The van der Waals surface area contributed by atoms with Crippen molar-refractivity contribution in [3.8, 4) is 0 Å². The molecule has 1 saturated heterocycles. The predicted molar refractivity (Wildman–Crippen MR) is 79.8 cm³/mol. The molecule has 7 heteroatoms. The highest BCUT2D eigenvalue weighted by molar-refractivity contribution is 7.17. The second-order valence-corrected chi connectivity index (χ2v) is 6.10. The van der Waals surface area contributed by atoms with Gasteiger partial charge < -0.3 is 16.2 Å². The summed E-state index contributed by atoms with van der Waals surface area (Å²) < 4.78 is 0. The molecule has 0 bridgehead atoms. The third-order valence-corrected chi connectivity index (χ3v) is 4.44. The molecule has 0 unspecified atom stereocenters. The number of likely N-dealkylation sites (tertiary alicyclic amines) is 1. The summed E-state index contributed by atoms with van der Waals surface area (Å²) in [5, 5.41) is 12.6. The lowest BCUT2D eigenvalue weighted by atomic mass is 10.0. The molecule has 1 aliphatic heterocycles. The molecule has 1 amide bonds. The molecule has 0 radical (unpaired) electrons. The summed E-state index contributed by atoms with van der Waals surface area (Å²) in [5.41, 5.74) is 5.50. The monoisotopic (exact) mass is 298 g/mol. The largest absolute Gasteiger partial charge is 0.395 e. The molecule has 112 valence electrons. The summed E-state index contributed by atoms with van der Waals surface area (Å²) >= 11 is 1.20. The van der Waals surface area contributed by atoms with E-state index < -0.39 is 0 Å². The van der Waals surface area contributed by atoms with Crippen LogP contribution in [0.2, 0.25) is 0 Å². The van der Waals surface area contributed by atoms with Gasteiger partial charge in [-0.05, 0) is 25.8 Å². The summed E-state index contributed by atoms with van der Waals surface area (Å²) in [6.07, 6.45) is 5.86. The predicted octanol–water partition coefficient (Wildman–Crippen LogP) is 0.692. The average Bonchev–Trinajstić information content (AvgIpc) is 2.90. The lowest BCUT2D eigenvalue weighted by Crippen LogP contribution is -2.43. The lowest BCUT2D eigenvalue weighted by molar-refractivity contribution is 0.0869. The van der Waals surface area contributed by atoms with Gasteiger partial charge in [-0.1, -0.05) is 17.8 Å². The van der Waals surface area contributed by atoms with Crippen molar-refractivity contribution in [2.24, 2.45) is 0 Å². The number of hydrogen-bond acceptors (Lipinski definition) is 6. The topological polar surface area (TPSA) is 91.5 Å². The number of aliphatic hydroxyl groups is 1. The Morgan fingerprint density at radius 1 is 1.60 bits per heavy atom. The summed E-state index contributed by atoms with van der Waals surface area (Å²) in [7, 11) is 0. The van der Waals surface area contributed by atoms with Gasteiger partial charge >= 0.3 is 0 Å². The van der Waals surface area contributed by atoms with E-state index in [2.05, 4.69) is 15.2 Å². The van der Waals surface area contributed by atoms with Gasteiger partial charge in [0.15, 0.2) is 5.13 Å². The van der Waals surface area contributed by atoms with E-state index in [9.17, 15) is 9.90 Å². The van der Waals surface area contributed by atoms with Gasteiger partial charge in [0.25, 0.3) is 5.91 Å². The lowest BCUT2D eigenvalue weighted by Gasteiger charge is -2.34. The van der Waals surface area contributed by atoms with E-state index in [1.54, 1.807) is 0 Å². The Morgan fingerprint density at radius 2 is 2.45 bits per heavy atom. The van der Waals surface area contributed by atoms with Crippen LogP contribution < -0.4 is 11.1 Å². The molecule has 4 N–H and O–H groups in total. The molecule has 1 aromatic heterocycles. The van der Waals surface area contributed by atoms with Crippen LogP contribution in [0.3, 0.4) is 0 Å². The molecule has 1 atom stereocenters. The minimum Gasteiger partial charge on any atom is -0.395 e. The third kappa shape index (κ3) is 4.16. The highest BCUT2D eigenvalue weighted by atomic mass is 32.1. The number of rotatable bonds is 6. The van der Waals surface area contributed by atoms with E-state index in [4.69, 9.17) is 5.73 Å². The highest BCUT2D eigenvalue weighted by Crippen LogP contribution is 2.16. The van der Waals surface area contributed by atoms with Gasteiger partial charge in [-0.3, -0.25) is 9.69 Å². The zero-order valence-electron chi connectivity index (χ0n) is 11.5. The summed E-state index contributed by atoms with van der Waals surface area (Å²) in [5.74, 6) is -0.114. The zero-order valence-corrected chi connectivity index (χ0v) is 12.4. The van der Waals surface area contributed by atoms with Crippen molar-refractivity contribution in [3.63, 3.8) is 0 Å². The molecule has 2 heterocycles. The normalized spacial score (nSPS) is 19.9. The van der Waals surface area contributed by atoms with Gasteiger partial charge in [0.2, 0.25) is 0 Å². The van der Waals surface area contributed by atoms with Gasteiger partial charge in [-0.15, -0.1) is 0 Å². The van der Waals surface area contributed by atoms with Crippen LogP contribution in [0.15, 0.2) is 6.20 Å². The molecular formula is C13H22N4O2S. The second-order valence-electron chi connectivity index (χ2n) is 5.04. The maximum Gasteiger partial charge on any atom is 0.263 e. The van der Waals surface area contributed by atoms with Gasteiger partial charge in [-0.25, -0.2) is 4.98 Å². The second kappa shape index (κ2) is 7.56. The number of aromatic nitrogens is 1. The number of anilines is 1. The Kier molecular flexibility index (Phi) is 5.75. The molecule has 6 nitrogen and oxygen atoms in total. The van der Waals surface area contributed by atoms with Crippen LogP contribution in [0.4, 0.5) is 5.13 Å². The summed E-state index contributed by atoms with van der Waals surface area (Å²) in [6, 6.07) is 0.292. The molecule has 0 spiro atoms. The van der Waals surface area contributed by atoms with Gasteiger partial charge in [-0.2, -0.15) is 0 Å². The number of nitrogens with one attached hydrogen (secondary N) is 1. The molecule has 0 aromatic carbocycles. The third-order valence-electron chi connectivity index (χ3n) is 3.61. The van der Waals surface area contributed by atoms with Crippen molar-refractivity contribution in [1.29, 1.82) is 0 Å². The Labute approximate surface area is 123 Å². The maximum absolute atomic E-state index is 11.8. The van der Waals surface area contributed by atoms with E-state index in [1.165, 1.54) is 30.4 Å². The van der Waals surface area contributed by atoms with Crippen LogP contribution in [0.5, 0.6) is 0 Å². The van der Waals surface area contributed by atoms with Gasteiger partial charge in [0.1, 0.15) is 4.88 Å². The number of carbonyl (C=O) groups excluding carboxylic acids is 1. The number of amides is 1. The van der Waals surface area contributed by atoms with E-state index in [0.717, 1.165) is 25.9 Å². The van der Waals surface area contributed by atoms with Gasteiger partial charge in [0.05, 0.1) is 12.8 Å². The first-order valence-electron chi connectivity index (χ1n) is 7.05. The Balaban J connectivity index is 1.67. The number of aliphatic hydroxyl groups excluding tert-OH is 1. The van der Waals surface area contributed by atoms with Crippen LogP contribution in [0, 0.1) is 0 Å². The van der Waals surface area contributed by atoms with Crippen molar-refractivity contribution in [2.75, 3.05) is 32.0 Å². The van der Waals surface area contributed by atoms with E-state index in [1.807, 2.05) is 0 Å². The van der Waals surface area contributed by atoms with Crippen LogP contribution >= 0.6 is 11.3 Å². The average molecular weight is 298 g/mol. The van der Waals surface area contributed by atoms with Crippen LogP contribution in [0.25, 0.3) is 0 Å². The zero-order chi connectivity index (χ0) is 14.4. The smallest absolute Gasteiger partial charge is 0.263 e. The Bertz CT molecular complexity index is 438. The van der Waals surface area contributed by atoms with Crippen molar-refractivity contribution < 1.29 is 9.90 Å². The first-order valence-corrected chi connectivity index (χ1v) is 7.86. The Morgan fingerprint density at radius 3 is 3.15 bits per heavy atom. The number of thiazole rings is 1. The van der Waals surface area contributed by atoms with Crippen LogP contribution in [-0.2, 0) is 0 Å². The minimum absolute atomic E-state index is 0.114. The number of nitrogens with two attached hydrogens (primary N) is 1. The molecule has 2 rings (SSSR count). The fraction of sp³-hybridized carbons (Fsp3) is 0.692.